The Hall–Kier alpha value is -2.87. The molecule has 2 N–H and O–H groups in total. The minimum absolute atomic E-state index is 0.332. The van der Waals surface area contributed by atoms with E-state index in [2.05, 4.69) is 31.8 Å². The van der Waals surface area contributed by atoms with Crippen molar-refractivity contribution < 1.29 is 14.3 Å². The monoisotopic (exact) mass is 547 g/mol. The number of anilines is 1. The van der Waals surface area contributed by atoms with Gasteiger partial charge in [-0.2, -0.15) is 5.10 Å². The zero-order valence-corrected chi connectivity index (χ0v) is 20.7. The minimum atomic E-state index is -0.541. The molecule has 9 heteroatoms. The van der Waals surface area contributed by atoms with Crippen LogP contribution in [-0.4, -0.2) is 18.0 Å². The fourth-order valence-corrected chi connectivity index (χ4v) is 3.61. The molecule has 0 saturated heterocycles. The van der Waals surface area contributed by atoms with Crippen LogP contribution in [0.25, 0.3) is 0 Å². The lowest BCUT2D eigenvalue weighted by atomic mass is 10.2. The summed E-state index contributed by atoms with van der Waals surface area (Å²) in [5, 5.41) is 7.70. The first-order valence-corrected chi connectivity index (χ1v) is 11.4. The summed E-state index contributed by atoms with van der Waals surface area (Å²) in [6.07, 6.45) is 1.10. The lowest BCUT2D eigenvalue weighted by molar-refractivity contribution is -0.126. The topological polar surface area (TPSA) is 79.8 Å². The molecule has 0 radical (unpaired) electrons. The van der Waals surface area contributed by atoms with Crippen LogP contribution >= 0.6 is 39.1 Å². The van der Waals surface area contributed by atoms with Crippen molar-refractivity contribution in [3.63, 3.8) is 0 Å². The molecule has 0 heterocycles. The van der Waals surface area contributed by atoms with Gasteiger partial charge in [-0.15, -0.1) is 0 Å². The standard InChI is InChI=1S/C24H20BrCl2N3O3/c1-15-6-8-18(11-21(15)27)29-23(31)12-24(32)30-28-13-16-7-9-22(19(25)10-16)33-14-17-4-2-3-5-20(17)26/h2-11,13H,12,14H2,1H3,(H,29,31)(H,30,32). The first-order chi connectivity index (χ1) is 15.8. The van der Waals surface area contributed by atoms with Crippen LogP contribution in [0.3, 0.4) is 0 Å². The van der Waals surface area contributed by atoms with Gasteiger partial charge in [0.2, 0.25) is 11.8 Å². The lowest BCUT2D eigenvalue weighted by Gasteiger charge is -2.10. The molecule has 6 nitrogen and oxygen atoms in total. The van der Waals surface area contributed by atoms with Gasteiger partial charge in [0.05, 0.1) is 10.7 Å². The Bertz CT molecular complexity index is 1200. The van der Waals surface area contributed by atoms with Crippen LogP contribution in [0.1, 0.15) is 23.1 Å². The second-order valence-corrected chi connectivity index (χ2v) is 8.72. The fraction of sp³-hybridized carbons (Fsp3) is 0.125. The molecule has 0 unspecified atom stereocenters. The van der Waals surface area contributed by atoms with E-state index >= 15 is 0 Å². The van der Waals surface area contributed by atoms with Crippen molar-refractivity contribution in [2.75, 3.05) is 5.32 Å². The number of nitrogens with one attached hydrogen (secondary N) is 2. The highest BCUT2D eigenvalue weighted by molar-refractivity contribution is 9.10. The summed E-state index contributed by atoms with van der Waals surface area (Å²) in [6, 6.07) is 18.0. The first-order valence-electron chi connectivity index (χ1n) is 9.85. The van der Waals surface area contributed by atoms with Crippen LogP contribution in [0.2, 0.25) is 10.0 Å². The predicted octanol–water partition coefficient (Wildman–Crippen LogP) is 6.12. The Labute approximate surface area is 210 Å². The molecule has 3 rings (SSSR count). The zero-order chi connectivity index (χ0) is 23.8. The summed E-state index contributed by atoms with van der Waals surface area (Å²) in [7, 11) is 0. The number of hydrogen-bond donors (Lipinski definition) is 2. The lowest BCUT2D eigenvalue weighted by Crippen LogP contribution is -2.24. The van der Waals surface area contributed by atoms with E-state index in [-0.39, 0.29) is 6.42 Å². The number of halogens is 3. The Kier molecular flexibility index (Phi) is 8.88. The van der Waals surface area contributed by atoms with Gasteiger partial charge in [0, 0.05) is 21.3 Å². The van der Waals surface area contributed by atoms with Crippen LogP contribution in [0, 0.1) is 6.92 Å². The quantitative estimate of drug-likeness (QED) is 0.202. The summed E-state index contributed by atoms with van der Waals surface area (Å²) in [5.74, 6) is -0.366. The van der Waals surface area contributed by atoms with Crippen LogP contribution < -0.4 is 15.5 Å². The smallest absolute Gasteiger partial charge is 0.249 e. The molecular formula is C24H20BrCl2N3O3. The van der Waals surface area contributed by atoms with Gasteiger partial charge in [0.1, 0.15) is 18.8 Å². The largest absolute Gasteiger partial charge is 0.488 e. The summed E-state index contributed by atoms with van der Waals surface area (Å²) in [4.78, 5) is 24.0. The number of carbonyl (C=O) groups excluding carboxylic acids is 2. The van der Waals surface area contributed by atoms with Crippen LogP contribution in [0.4, 0.5) is 5.69 Å². The number of carbonyl (C=O) groups is 2. The van der Waals surface area contributed by atoms with Gasteiger partial charge in [0.15, 0.2) is 0 Å². The van der Waals surface area contributed by atoms with Crippen molar-refractivity contribution in [1.82, 2.24) is 5.43 Å². The average molecular weight is 549 g/mol. The molecule has 0 atom stereocenters. The van der Waals surface area contributed by atoms with Crippen molar-refractivity contribution in [1.29, 1.82) is 0 Å². The predicted molar refractivity (Wildman–Crippen MR) is 135 cm³/mol. The third-order valence-electron chi connectivity index (χ3n) is 4.48. The zero-order valence-electron chi connectivity index (χ0n) is 17.6. The van der Waals surface area contributed by atoms with E-state index in [4.69, 9.17) is 27.9 Å². The van der Waals surface area contributed by atoms with Gasteiger partial charge in [-0.05, 0) is 70.4 Å². The maximum atomic E-state index is 12.0. The molecule has 33 heavy (non-hydrogen) atoms. The number of benzene rings is 3. The van der Waals surface area contributed by atoms with E-state index in [1.807, 2.05) is 31.2 Å². The van der Waals surface area contributed by atoms with Gasteiger partial charge in [-0.1, -0.05) is 47.5 Å². The van der Waals surface area contributed by atoms with E-state index in [0.717, 1.165) is 21.2 Å². The molecule has 2 amide bonds. The number of rotatable bonds is 8. The van der Waals surface area contributed by atoms with Crippen LogP contribution in [0.5, 0.6) is 5.75 Å². The van der Waals surface area contributed by atoms with Crippen LogP contribution in [-0.2, 0) is 16.2 Å². The summed E-state index contributed by atoms with van der Waals surface area (Å²) >= 11 is 15.6. The normalized spacial score (nSPS) is 10.8. The van der Waals surface area contributed by atoms with Crippen molar-refractivity contribution >= 4 is 62.8 Å². The molecule has 0 saturated carbocycles. The SMILES string of the molecule is Cc1ccc(NC(=O)CC(=O)NN=Cc2ccc(OCc3ccccc3Cl)c(Br)c2)cc1Cl. The Balaban J connectivity index is 1.48. The Morgan fingerprint density at radius 3 is 2.55 bits per heavy atom. The number of aryl methyl sites for hydroxylation is 1. The summed E-state index contributed by atoms with van der Waals surface area (Å²) in [6.45, 7) is 2.19. The summed E-state index contributed by atoms with van der Waals surface area (Å²) < 4.78 is 6.53. The molecule has 0 aliphatic heterocycles. The fourth-order valence-electron chi connectivity index (χ4n) is 2.73. The van der Waals surface area contributed by atoms with Crippen molar-refractivity contribution in [2.45, 2.75) is 20.0 Å². The van der Waals surface area contributed by atoms with Gasteiger partial charge < -0.3 is 10.1 Å². The molecule has 0 spiro atoms. The molecule has 0 bridgehead atoms. The van der Waals surface area contributed by atoms with Crippen LogP contribution in [0.15, 0.2) is 70.2 Å². The Morgan fingerprint density at radius 1 is 1.03 bits per heavy atom. The molecule has 0 aromatic heterocycles. The molecule has 3 aromatic carbocycles. The maximum absolute atomic E-state index is 12.0. The minimum Gasteiger partial charge on any atom is -0.488 e. The number of hydrogen-bond acceptors (Lipinski definition) is 4. The van der Waals surface area contributed by atoms with Gasteiger partial charge in [-0.3, -0.25) is 9.59 Å². The van der Waals surface area contributed by atoms with Crippen molar-refractivity contribution in [2.24, 2.45) is 5.10 Å². The van der Waals surface area contributed by atoms with E-state index < -0.39 is 11.8 Å². The maximum Gasteiger partial charge on any atom is 0.249 e. The molecular weight excluding hydrogens is 529 g/mol. The molecule has 170 valence electrons. The number of ether oxygens (including phenoxy) is 1. The third-order valence-corrected chi connectivity index (χ3v) is 5.87. The molecule has 0 aliphatic rings. The second-order valence-electron chi connectivity index (χ2n) is 7.05. The van der Waals surface area contributed by atoms with E-state index in [0.29, 0.717) is 28.1 Å². The van der Waals surface area contributed by atoms with Crippen molar-refractivity contribution in [3.05, 3.63) is 91.9 Å². The van der Waals surface area contributed by atoms with Gasteiger partial charge in [-0.25, -0.2) is 5.43 Å². The first kappa shape index (κ1) is 24.8. The van der Waals surface area contributed by atoms with E-state index in [1.165, 1.54) is 6.21 Å². The highest BCUT2D eigenvalue weighted by Gasteiger charge is 2.10. The number of amides is 2. The second kappa shape index (κ2) is 11.8. The van der Waals surface area contributed by atoms with E-state index in [1.54, 1.807) is 36.4 Å². The Morgan fingerprint density at radius 2 is 1.82 bits per heavy atom. The average Bonchev–Trinajstić information content (AvgIpc) is 2.76. The third kappa shape index (κ3) is 7.60. The van der Waals surface area contributed by atoms with E-state index in [9.17, 15) is 9.59 Å². The highest BCUT2D eigenvalue weighted by atomic mass is 79.9. The molecule has 3 aromatic rings. The number of nitrogens with zero attached hydrogens (tertiary/aromatic N) is 1. The van der Waals surface area contributed by atoms with Gasteiger partial charge >= 0.3 is 0 Å². The number of hydrazone groups is 1. The molecule has 0 fully saturated rings. The van der Waals surface area contributed by atoms with Crippen molar-refractivity contribution in [3.8, 4) is 5.75 Å². The highest BCUT2D eigenvalue weighted by Crippen LogP contribution is 2.27. The molecule has 0 aliphatic carbocycles. The summed E-state index contributed by atoms with van der Waals surface area (Å²) in [5.41, 5.74) is 5.37. The van der Waals surface area contributed by atoms with Gasteiger partial charge in [0.25, 0.3) is 0 Å².